The van der Waals surface area contributed by atoms with Gasteiger partial charge in [0.25, 0.3) is 11.8 Å². The van der Waals surface area contributed by atoms with E-state index in [-0.39, 0.29) is 17.6 Å². The zero-order valence-corrected chi connectivity index (χ0v) is 10.7. The van der Waals surface area contributed by atoms with Crippen LogP contribution >= 0.6 is 0 Å². The summed E-state index contributed by atoms with van der Waals surface area (Å²) in [6.45, 7) is 1.19. The fourth-order valence-electron chi connectivity index (χ4n) is 2.34. The fraction of sp³-hybridized carbons (Fsp3) is 0.462. The summed E-state index contributed by atoms with van der Waals surface area (Å²) in [6, 6.07) is 3.14. The molecule has 102 valence electrons. The Bertz CT molecular complexity index is 472. The normalized spacial score (nSPS) is 19.2. The summed E-state index contributed by atoms with van der Waals surface area (Å²) in [6.07, 6.45) is 4.43. The van der Waals surface area contributed by atoms with Gasteiger partial charge in [0, 0.05) is 25.3 Å². The average molecular weight is 262 g/mol. The van der Waals surface area contributed by atoms with Gasteiger partial charge in [0.1, 0.15) is 5.69 Å². The first-order chi connectivity index (χ1) is 9.13. The quantitative estimate of drug-likeness (QED) is 0.808. The number of pyridine rings is 1. The van der Waals surface area contributed by atoms with Crippen LogP contribution in [0, 0.1) is 0 Å². The Morgan fingerprint density at radius 3 is 2.74 bits per heavy atom. The summed E-state index contributed by atoms with van der Waals surface area (Å²) in [5.41, 5.74) is 11.4. The molecule has 1 fully saturated rings. The molecule has 0 unspecified atom stereocenters. The van der Waals surface area contributed by atoms with Crippen LogP contribution in [0.25, 0.3) is 0 Å². The van der Waals surface area contributed by atoms with Gasteiger partial charge in [-0.1, -0.05) is 0 Å². The van der Waals surface area contributed by atoms with Crippen LogP contribution in [0.15, 0.2) is 18.3 Å². The number of carbonyl (C=O) groups is 2. The van der Waals surface area contributed by atoms with Gasteiger partial charge in [-0.25, -0.2) is 0 Å². The van der Waals surface area contributed by atoms with E-state index in [0.29, 0.717) is 12.1 Å². The third-order valence-corrected chi connectivity index (χ3v) is 3.42. The molecule has 2 amide bonds. The lowest BCUT2D eigenvalue weighted by atomic mass is 10.0. The third kappa shape index (κ3) is 2.90. The summed E-state index contributed by atoms with van der Waals surface area (Å²) in [7, 11) is 0. The van der Waals surface area contributed by atoms with Crippen molar-refractivity contribution in [2.75, 3.05) is 13.1 Å². The van der Waals surface area contributed by atoms with Crippen molar-refractivity contribution in [2.45, 2.75) is 25.3 Å². The van der Waals surface area contributed by atoms with Crippen molar-refractivity contribution in [3.05, 3.63) is 29.6 Å². The van der Waals surface area contributed by atoms with Gasteiger partial charge in [0.2, 0.25) is 0 Å². The van der Waals surface area contributed by atoms with Gasteiger partial charge in [0.05, 0.1) is 5.56 Å². The Balaban J connectivity index is 2.16. The van der Waals surface area contributed by atoms with Crippen LogP contribution in [-0.4, -0.2) is 40.8 Å². The molecule has 0 spiro atoms. The number of aromatic nitrogens is 1. The molecule has 1 atom stereocenters. The molecule has 6 heteroatoms. The molecule has 0 radical (unpaired) electrons. The van der Waals surface area contributed by atoms with E-state index in [1.807, 2.05) is 0 Å². The van der Waals surface area contributed by atoms with Crippen LogP contribution in [0.5, 0.6) is 0 Å². The molecule has 19 heavy (non-hydrogen) atoms. The lowest BCUT2D eigenvalue weighted by molar-refractivity contribution is 0.0622. The molecule has 0 aromatic carbocycles. The van der Waals surface area contributed by atoms with Crippen molar-refractivity contribution < 1.29 is 9.59 Å². The molecule has 0 aliphatic carbocycles. The molecule has 6 nitrogen and oxygen atoms in total. The number of rotatable bonds is 3. The second kappa shape index (κ2) is 5.79. The molecule has 1 saturated heterocycles. The molecular formula is C13H18N4O2. The first-order valence-corrected chi connectivity index (χ1v) is 6.40. The highest BCUT2D eigenvalue weighted by Gasteiger charge is 2.26. The van der Waals surface area contributed by atoms with Crippen LogP contribution in [0.1, 0.15) is 40.1 Å². The van der Waals surface area contributed by atoms with E-state index in [0.717, 1.165) is 25.8 Å². The first kappa shape index (κ1) is 13.5. The minimum absolute atomic E-state index is 0.0846. The van der Waals surface area contributed by atoms with Crippen molar-refractivity contribution in [1.82, 2.24) is 9.88 Å². The minimum Gasteiger partial charge on any atom is -0.364 e. The Hall–Kier alpha value is -1.95. The molecule has 2 rings (SSSR count). The largest absolute Gasteiger partial charge is 0.364 e. The van der Waals surface area contributed by atoms with Crippen molar-refractivity contribution in [3.63, 3.8) is 0 Å². The molecule has 1 aliphatic rings. The smallest absolute Gasteiger partial charge is 0.267 e. The van der Waals surface area contributed by atoms with Crippen molar-refractivity contribution in [2.24, 2.45) is 11.5 Å². The highest BCUT2D eigenvalue weighted by molar-refractivity contribution is 5.96. The summed E-state index contributed by atoms with van der Waals surface area (Å²) in [4.78, 5) is 29.0. The molecule has 4 N–H and O–H groups in total. The molecule has 2 heterocycles. The molecule has 1 aliphatic heterocycles. The van der Waals surface area contributed by atoms with E-state index < -0.39 is 5.91 Å². The van der Waals surface area contributed by atoms with Crippen molar-refractivity contribution in [1.29, 1.82) is 0 Å². The van der Waals surface area contributed by atoms with Gasteiger partial charge in [-0.3, -0.25) is 14.6 Å². The number of amides is 2. The monoisotopic (exact) mass is 262 g/mol. The van der Waals surface area contributed by atoms with Gasteiger partial charge < -0.3 is 16.4 Å². The standard InChI is InChI=1S/C13H18N4O2/c14-7-10-3-1-2-6-17(10)13(19)9-4-5-11(12(15)18)16-8-9/h4-5,8,10H,1-3,6-7,14H2,(H2,15,18)/t10-/m1/s1. The van der Waals surface area contributed by atoms with E-state index in [4.69, 9.17) is 11.5 Å². The first-order valence-electron chi connectivity index (χ1n) is 6.40. The number of likely N-dealkylation sites (tertiary alicyclic amines) is 1. The maximum atomic E-state index is 12.4. The Kier molecular flexibility index (Phi) is 4.11. The van der Waals surface area contributed by atoms with E-state index in [2.05, 4.69) is 4.98 Å². The van der Waals surface area contributed by atoms with E-state index in [1.54, 1.807) is 11.0 Å². The Morgan fingerprint density at radius 1 is 1.37 bits per heavy atom. The SMILES string of the molecule is NC[C@H]1CCCCN1C(=O)c1ccc(C(N)=O)nc1. The highest BCUT2D eigenvalue weighted by atomic mass is 16.2. The van der Waals surface area contributed by atoms with Gasteiger partial charge in [-0.05, 0) is 31.4 Å². The molecule has 0 saturated carbocycles. The predicted octanol–water partition coefficient (Wildman–Crippen LogP) is 0.134. The van der Waals surface area contributed by atoms with Crippen LogP contribution in [0.3, 0.4) is 0 Å². The van der Waals surface area contributed by atoms with Gasteiger partial charge in [-0.2, -0.15) is 0 Å². The fourth-order valence-corrected chi connectivity index (χ4v) is 2.34. The maximum absolute atomic E-state index is 12.4. The summed E-state index contributed by atoms with van der Waals surface area (Å²) < 4.78 is 0. The summed E-state index contributed by atoms with van der Waals surface area (Å²) in [5.74, 6) is -0.685. The summed E-state index contributed by atoms with van der Waals surface area (Å²) in [5, 5.41) is 0. The van der Waals surface area contributed by atoms with Gasteiger partial charge in [-0.15, -0.1) is 0 Å². The van der Waals surface area contributed by atoms with Crippen LogP contribution in [0.2, 0.25) is 0 Å². The van der Waals surface area contributed by atoms with Crippen LogP contribution < -0.4 is 11.5 Å². The lowest BCUT2D eigenvalue weighted by Gasteiger charge is -2.35. The second-order valence-electron chi connectivity index (χ2n) is 4.68. The van der Waals surface area contributed by atoms with Crippen LogP contribution in [0.4, 0.5) is 0 Å². The van der Waals surface area contributed by atoms with E-state index >= 15 is 0 Å². The second-order valence-corrected chi connectivity index (χ2v) is 4.68. The van der Waals surface area contributed by atoms with Crippen LogP contribution in [-0.2, 0) is 0 Å². The third-order valence-electron chi connectivity index (χ3n) is 3.42. The average Bonchev–Trinajstić information content (AvgIpc) is 2.46. The predicted molar refractivity (Wildman–Crippen MR) is 70.5 cm³/mol. The number of nitrogens with two attached hydrogens (primary N) is 2. The molecule has 0 bridgehead atoms. The number of nitrogens with zero attached hydrogens (tertiary/aromatic N) is 2. The number of piperidine rings is 1. The number of hydrogen-bond acceptors (Lipinski definition) is 4. The van der Waals surface area contributed by atoms with E-state index in [9.17, 15) is 9.59 Å². The maximum Gasteiger partial charge on any atom is 0.267 e. The highest BCUT2D eigenvalue weighted by Crippen LogP contribution is 2.18. The number of carbonyl (C=O) groups excluding carboxylic acids is 2. The van der Waals surface area contributed by atoms with E-state index in [1.165, 1.54) is 12.3 Å². The van der Waals surface area contributed by atoms with Crippen molar-refractivity contribution >= 4 is 11.8 Å². The molecule has 1 aromatic heterocycles. The molecule has 1 aromatic rings. The summed E-state index contributed by atoms with van der Waals surface area (Å²) >= 11 is 0. The number of hydrogen-bond donors (Lipinski definition) is 2. The Labute approximate surface area is 111 Å². The zero-order valence-electron chi connectivity index (χ0n) is 10.7. The molecular weight excluding hydrogens is 244 g/mol. The lowest BCUT2D eigenvalue weighted by Crippen LogP contribution is -2.47. The van der Waals surface area contributed by atoms with Gasteiger partial charge in [0.15, 0.2) is 0 Å². The van der Waals surface area contributed by atoms with Crippen molar-refractivity contribution in [3.8, 4) is 0 Å². The van der Waals surface area contributed by atoms with Gasteiger partial charge >= 0.3 is 0 Å². The zero-order chi connectivity index (χ0) is 13.8. The minimum atomic E-state index is -0.600. The topological polar surface area (TPSA) is 102 Å². The number of primary amides is 1. The Morgan fingerprint density at radius 2 is 2.16 bits per heavy atom.